The molecule has 0 aliphatic heterocycles. The summed E-state index contributed by atoms with van der Waals surface area (Å²) in [6, 6.07) is 5.78. The molecule has 2 N–H and O–H groups in total. The lowest BCUT2D eigenvalue weighted by atomic mass is 10.1. The fraction of sp³-hybridized carbons (Fsp3) is 0.417. The fourth-order valence-electron chi connectivity index (χ4n) is 1.45. The highest BCUT2D eigenvalue weighted by Crippen LogP contribution is 2.14. The van der Waals surface area contributed by atoms with Crippen LogP contribution in [0.25, 0.3) is 0 Å². The highest BCUT2D eigenvalue weighted by molar-refractivity contribution is 6.30. The van der Waals surface area contributed by atoms with Gasteiger partial charge in [0.15, 0.2) is 0 Å². The highest BCUT2D eigenvalue weighted by atomic mass is 35.5. The van der Waals surface area contributed by atoms with Crippen molar-refractivity contribution in [2.24, 2.45) is 0 Å². The summed E-state index contributed by atoms with van der Waals surface area (Å²) in [5, 5.41) is 12.4. The van der Waals surface area contributed by atoms with Gasteiger partial charge in [0.1, 0.15) is 0 Å². The van der Waals surface area contributed by atoms with Crippen LogP contribution in [0.2, 0.25) is 5.02 Å². The van der Waals surface area contributed by atoms with Gasteiger partial charge in [-0.1, -0.05) is 17.7 Å². The normalized spacial score (nSPS) is 10.4. The summed E-state index contributed by atoms with van der Waals surface area (Å²) in [6.07, 6.45) is 0.870. The predicted octanol–water partition coefficient (Wildman–Crippen LogP) is 2.60. The molecule has 0 aromatic heterocycles. The third kappa shape index (κ3) is 4.64. The quantitative estimate of drug-likeness (QED) is 0.753. The Hall–Kier alpha value is -1.06. The number of halogens is 1. The average molecular weight is 242 g/mol. The van der Waals surface area contributed by atoms with Crippen molar-refractivity contribution in [2.45, 2.75) is 26.3 Å². The fourth-order valence-corrected chi connectivity index (χ4v) is 1.67. The minimum absolute atomic E-state index is 0.215. The smallest absolute Gasteiger partial charge is 0.303 e. The zero-order valence-electron chi connectivity index (χ0n) is 9.29. The number of hydrogen-bond donors (Lipinski definition) is 2. The van der Waals surface area contributed by atoms with Gasteiger partial charge in [-0.25, -0.2) is 0 Å². The van der Waals surface area contributed by atoms with Crippen LogP contribution in [0.15, 0.2) is 18.2 Å². The van der Waals surface area contributed by atoms with E-state index in [9.17, 15) is 4.79 Å². The van der Waals surface area contributed by atoms with Crippen molar-refractivity contribution in [1.82, 2.24) is 5.32 Å². The zero-order chi connectivity index (χ0) is 12.0. The van der Waals surface area contributed by atoms with Crippen molar-refractivity contribution in [3.8, 4) is 0 Å². The molecule has 0 bridgehead atoms. The minimum atomic E-state index is -0.746. The Labute approximate surface area is 100 Å². The first-order chi connectivity index (χ1) is 7.59. The van der Waals surface area contributed by atoms with Gasteiger partial charge >= 0.3 is 5.97 Å². The molecule has 0 radical (unpaired) electrons. The van der Waals surface area contributed by atoms with Crippen molar-refractivity contribution < 1.29 is 9.90 Å². The van der Waals surface area contributed by atoms with Gasteiger partial charge in [0, 0.05) is 18.0 Å². The number of aliphatic carboxylic acids is 1. The molecule has 0 spiro atoms. The number of benzene rings is 1. The number of rotatable bonds is 6. The van der Waals surface area contributed by atoms with E-state index in [0.29, 0.717) is 13.0 Å². The third-order valence-electron chi connectivity index (χ3n) is 2.36. The van der Waals surface area contributed by atoms with Crippen molar-refractivity contribution >= 4 is 17.6 Å². The third-order valence-corrected chi connectivity index (χ3v) is 2.60. The van der Waals surface area contributed by atoms with Gasteiger partial charge in [0.2, 0.25) is 0 Å². The van der Waals surface area contributed by atoms with Crippen LogP contribution in [0.3, 0.4) is 0 Å². The summed E-state index contributed by atoms with van der Waals surface area (Å²) in [7, 11) is 0. The minimum Gasteiger partial charge on any atom is -0.481 e. The van der Waals surface area contributed by atoms with Gasteiger partial charge in [-0.3, -0.25) is 4.79 Å². The lowest BCUT2D eigenvalue weighted by Crippen LogP contribution is -2.16. The molecule has 88 valence electrons. The first-order valence-electron chi connectivity index (χ1n) is 5.27. The first-order valence-corrected chi connectivity index (χ1v) is 5.65. The van der Waals surface area contributed by atoms with Gasteiger partial charge in [0.05, 0.1) is 0 Å². The molecule has 0 heterocycles. The lowest BCUT2D eigenvalue weighted by Gasteiger charge is -2.07. The van der Waals surface area contributed by atoms with E-state index in [1.54, 1.807) is 0 Å². The standard InChI is InChI=1S/C12H16ClNO2/c1-9-7-11(13)5-4-10(9)8-14-6-2-3-12(15)16/h4-5,7,14H,2-3,6,8H2,1H3,(H,15,16). The topological polar surface area (TPSA) is 49.3 Å². The maximum atomic E-state index is 10.3. The number of carboxylic acids is 1. The monoisotopic (exact) mass is 241 g/mol. The van der Waals surface area contributed by atoms with Crippen LogP contribution < -0.4 is 5.32 Å². The molecule has 16 heavy (non-hydrogen) atoms. The summed E-state index contributed by atoms with van der Waals surface area (Å²) in [5.41, 5.74) is 2.35. The van der Waals surface area contributed by atoms with Crippen molar-refractivity contribution in [3.63, 3.8) is 0 Å². The number of nitrogens with one attached hydrogen (secondary N) is 1. The molecule has 0 unspecified atom stereocenters. The highest BCUT2D eigenvalue weighted by Gasteiger charge is 1.99. The molecular formula is C12H16ClNO2. The molecule has 0 saturated carbocycles. The molecule has 1 aromatic carbocycles. The van der Waals surface area contributed by atoms with Gasteiger partial charge in [-0.2, -0.15) is 0 Å². The van der Waals surface area contributed by atoms with Crippen molar-refractivity contribution in [2.75, 3.05) is 6.54 Å². The molecule has 0 fully saturated rings. The summed E-state index contributed by atoms with van der Waals surface area (Å²) >= 11 is 5.85. The van der Waals surface area contributed by atoms with Gasteiger partial charge in [0.25, 0.3) is 0 Å². The Kier molecular flexibility index (Phi) is 5.29. The molecule has 0 atom stereocenters. The van der Waals surface area contributed by atoms with Gasteiger partial charge in [-0.15, -0.1) is 0 Å². The van der Waals surface area contributed by atoms with E-state index in [1.165, 1.54) is 5.56 Å². The molecule has 3 nitrogen and oxygen atoms in total. The molecule has 0 saturated heterocycles. The van der Waals surface area contributed by atoms with Crippen LogP contribution in [-0.4, -0.2) is 17.6 Å². The van der Waals surface area contributed by atoms with Crippen molar-refractivity contribution in [1.29, 1.82) is 0 Å². The molecule has 0 aliphatic carbocycles. The number of carbonyl (C=O) groups is 1. The Morgan fingerprint density at radius 2 is 2.25 bits per heavy atom. The predicted molar refractivity (Wildman–Crippen MR) is 64.8 cm³/mol. The van der Waals surface area contributed by atoms with E-state index in [1.807, 2.05) is 25.1 Å². The van der Waals surface area contributed by atoms with Crippen molar-refractivity contribution in [3.05, 3.63) is 34.3 Å². The molecule has 0 amide bonds. The first kappa shape index (κ1) is 13.0. The van der Waals surface area contributed by atoms with Crippen LogP contribution in [0, 0.1) is 6.92 Å². The molecular weight excluding hydrogens is 226 g/mol. The van der Waals surface area contributed by atoms with Crippen LogP contribution in [0.4, 0.5) is 0 Å². The Balaban J connectivity index is 2.29. The van der Waals surface area contributed by atoms with E-state index in [2.05, 4.69) is 5.32 Å². The number of hydrogen-bond acceptors (Lipinski definition) is 2. The summed E-state index contributed by atoms with van der Waals surface area (Å²) in [5.74, 6) is -0.746. The van der Waals surface area contributed by atoms with Crippen LogP contribution in [-0.2, 0) is 11.3 Å². The summed E-state index contributed by atoms with van der Waals surface area (Å²) in [4.78, 5) is 10.3. The second-order valence-corrected chi connectivity index (χ2v) is 4.18. The maximum Gasteiger partial charge on any atom is 0.303 e. The molecule has 1 rings (SSSR count). The lowest BCUT2D eigenvalue weighted by molar-refractivity contribution is -0.137. The van der Waals surface area contributed by atoms with E-state index in [-0.39, 0.29) is 6.42 Å². The largest absolute Gasteiger partial charge is 0.481 e. The van der Waals surface area contributed by atoms with E-state index < -0.39 is 5.97 Å². The van der Waals surface area contributed by atoms with Crippen LogP contribution in [0.1, 0.15) is 24.0 Å². The number of carboxylic acid groups (broad SMARTS) is 1. The maximum absolute atomic E-state index is 10.3. The molecule has 1 aromatic rings. The Bertz CT molecular complexity index is 366. The van der Waals surface area contributed by atoms with E-state index in [0.717, 1.165) is 17.1 Å². The molecule has 0 aliphatic rings. The average Bonchev–Trinajstić information content (AvgIpc) is 2.20. The SMILES string of the molecule is Cc1cc(Cl)ccc1CNCCCC(=O)O. The van der Waals surface area contributed by atoms with E-state index >= 15 is 0 Å². The second-order valence-electron chi connectivity index (χ2n) is 3.74. The molecule has 4 heteroatoms. The summed E-state index contributed by atoms with van der Waals surface area (Å²) < 4.78 is 0. The van der Waals surface area contributed by atoms with E-state index in [4.69, 9.17) is 16.7 Å². The number of aryl methyl sites for hydroxylation is 1. The van der Waals surface area contributed by atoms with Crippen LogP contribution >= 0.6 is 11.6 Å². The zero-order valence-corrected chi connectivity index (χ0v) is 10.0. The Morgan fingerprint density at radius 1 is 1.50 bits per heavy atom. The van der Waals surface area contributed by atoms with Crippen LogP contribution in [0.5, 0.6) is 0 Å². The Morgan fingerprint density at radius 3 is 2.88 bits per heavy atom. The summed E-state index contributed by atoms with van der Waals surface area (Å²) in [6.45, 7) is 3.48. The van der Waals surface area contributed by atoms with Gasteiger partial charge < -0.3 is 10.4 Å². The van der Waals surface area contributed by atoms with Gasteiger partial charge in [-0.05, 0) is 43.1 Å². The second kappa shape index (κ2) is 6.51.